The summed E-state index contributed by atoms with van der Waals surface area (Å²) in [6, 6.07) is 5.62. The quantitative estimate of drug-likeness (QED) is 0.834. The zero-order valence-corrected chi connectivity index (χ0v) is 10.9. The van der Waals surface area contributed by atoms with Gasteiger partial charge in [0.15, 0.2) is 0 Å². The number of pyridine rings is 1. The first-order valence-electron chi connectivity index (χ1n) is 5.84. The van der Waals surface area contributed by atoms with Crippen molar-refractivity contribution in [3.05, 3.63) is 30.1 Å². The Morgan fingerprint density at radius 2 is 2.12 bits per heavy atom. The summed E-state index contributed by atoms with van der Waals surface area (Å²) in [7, 11) is 0. The first kappa shape index (κ1) is 13.6. The van der Waals surface area contributed by atoms with Crippen molar-refractivity contribution in [1.82, 2.24) is 15.6 Å². The Hall–Kier alpha value is -1.42. The van der Waals surface area contributed by atoms with E-state index in [0.29, 0.717) is 6.54 Å². The van der Waals surface area contributed by atoms with Crippen molar-refractivity contribution >= 4 is 5.91 Å². The van der Waals surface area contributed by atoms with E-state index in [1.165, 1.54) is 0 Å². The van der Waals surface area contributed by atoms with Crippen LogP contribution in [0.1, 0.15) is 39.4 Å². The third-order valence-electron chi connectivity index (χ3n) is 2.29. The van der Waals surface area contributed by atoms with E-state index in [-0.39, 0.29) is 17.5 Å². The second-order valence-electron chi connectivity index (χ2n) is 5.15. The molecule has 4 nitrogen and oxygen atoms in total. The zero-order chi connectivity index (χ0) is 12.9. The van der Waals surface area contributed by atoms with E-state index in [0.717, 1.165) is 5.69 Å². The molecule has 0 bridgehead atoms. The van der Waals surface area contributed by atoms with Crippen molar-refractivity contribution in [2.24, 2.45) is 0 Å². The Morgan fingerprint density at radius 3 is 2.65 bits per heavy atom. The van der Waals surface area contributed by atoms with Crippen LogP contribution in [0.4, 0.5) is 0 Å². The minimum Gasteiger partial charge on any atom is -0.347 e. The number of nitrogens with one attached hydrogen (secondary N) is 2. The summed E-state index contributed by atoms with van der Waals surface area (Å²) in [5.74, 6) is -0.0157. The number of nitrogens with zero attached hydrogens (tertiary/aromatic N) is 1. The van der Waals surface area contributed by atoms with Crippen molar-refractivity contribution in [1.29, 1.82) is 0 Å². The molecule has 0 aliphatic rings. The van der Waals surface area contributed by atoms with Gasteiger partial charge in [-0.2, -0.15) is 0 Å². The molecular weight excluding hydrogens is 214 g/mol. The van der Waals surface area contributed by atoms with E-state index in [1.54, 1.807) is 6.20 Å². The molecule has 1 amide bonds. The number of hydrogen-bond acceptors (Lipinski definition) is 3. The van der Waals surface area contributed by atoms with Gasteiger partial charge in [0.05, 0.1) is 18.3 Å². The van der Waals surface area contributed by atoms with Crippen LogP contribution in [0.2, 0.25) is 0 Å². The number of rotatable bonds is 4. The predicted molar refractivity (Wildman–Crippen MR) is 68.6 cm³/mol. The maximum atomic E-state index is 11.7. The van der Waals surface area contributed by atoms with Crippen molar-refractivity contribution < 1.29 is 4.79 Å². The largest absolute Gasteiger partial charge is 0.347 e. The van der Waals surface area contributed by atoms with Gasteiger partial charge in [0.2, 0.25) is 5.91 Å². The van der Waals surface area contributed by atoms with Gasteiger partial charge in [-0.05, 0) is 39.8 Å². The summed E-state index contributed by atoms with van der Waals surface area (Å²) in [5.41, 5.74) is 0.822. The van der Waals surface area contributed by atoms with Gasteiger partial charge >= 0.3 is 0 Å². The van der Waals surface area contributed by atoms with Gasteiger partial charge < -0.3 is 10.6 Å². The maximum absolute atomic E-state index is 11.7. The van der Waals surface area contributed by atoms with E-state index in [2.05, 4.69) is 15.6 Å². The standard InChI is InChI=1S/C13H21N3O/c1-10(11-7-5-6-8-14-11)16-12(17)9-15-13(2,3)4/h5-8,10,15H,9H2,1-4H3,(H,16,17). The van der Waals surface area contributed by atoms with Crippen molar-refractivity contribution in [3.63, 3.8) is 0 Å². The molecule has 94 valence electrons. The Labute approximate surface area is 103 Å². The van der Waals surface area contributed by atoms with E-state index in [4.69, 9.17) is 0 Å². The first-order chi connectivity index (χ1) is 7.88. The summed E-state index contributed by atoms with van der Waals surface area (Å²) in [4.78, 5) is 15.9. The molecule has 0 aliphatic carbocycles. The molecule has 1 unspecified atom stereocenters. The molecule has 0 aliphatic heterocycles. The van der Waals surface area contributed by atoms with Gasteiger partial charge in [-0.1, -0.05) is 6.07 Å². The molecule has 1 heterocycles. The SMILES string of the molecule is CC(NC(=O)CNC(C)(C)C)c1ccccn1. The highest BCUT2D eigenvalue weighted by atomic mass is 16.2. The lowest BCUT2D eigenvalue weighted by atomic mass is 10.1. The number of amides is 1. The molecule has 0 saturated heterocycles. The predicted octanol–water partition coefficient (Wildman–Crippen LogP) is 1.65. The van der Waals surface area contributed by atoms with Gasteiger partial charge in [-0.25, -0.2) is 0 Å². The normalized spacial score (nSPS) is 13.2. The fourth-order valence-electron chi connectivity index (χ4n) is 1.34. The Balaban J connectivity index is 2.42. The summed E-state index contributed by atoms with van der Waals surface area (Å²) in [6.07, 6.45) is 1.73. The van der Waals surface area contributed by atoms with Crippen molar-refractivity contribution in [2.45, 2.75) is 39.3 Å². The lowest BCUT2D eigenvalue weighted by Gasteiger charge is -2.21. The molecule has 2 N–H and O–H groups in total. The minimum atomic E-state index is -0.0644. The average molecular weight is 235 g/mol. The number of hydrogen-bond donors (Lipinski definition) is 2. The van der Waals surface area contributed by atoms with E-state index >= 15 is 0 Å². The van der Waals surface area contributed by atoms with Gasteiger partial charge in [-0.15, -0.1) is 0 Å². The third-order valence-corrected chi connectivity index (χ3v) is 2.29. The Bertz CT molecular complexity index is 357. The van der Waals surface area contributed by atoms with Gasteiger partial charge in [0.25, 0.3) is 0 Å². The molecule has 1 rings (SSSR count). The fraction of sp³-hybridized carbons (Fsp3) is 0.538. The average Bonchev–Trinajstić information content (AvgIpc) is 2.27. The van der Waals surface area contributed by atoms with Crippen LogP contribution in [0.15, 0.2) is 24.4 Å². The molecule has 1 atom stereocenters. The van der Waals surface area contributed by atoms with Crippen LogP contribution in [0, 0.1) is 0 Å². The van der Waals surface area contributed by atoms with Crippen LogP contribution in [-0.2, 0) is 4.79 Å². The van der Waals surface area contributed by atoms with E-state index < -0.39 is 0 Å². The highest BCUT2D eigenvalue weighted by molar-refractivity contribution is 5.78. The lowest BCUT2D eigenvalue weighted by molar-refractivity contribution is -0.121. The van der Waals surface area contributed by atoms with Crippen LogP contribution in [0.5, 0.6) is 0 Å². The van der Waals surface area contributed by atoms with Crippen LogP contribution < -0.4 is 10.6 Å². The zero-order valence-electron chi connectivity index (χ0n) is 10.9. The van der Waals surface area contributed by atoms with Crippen LogP contribution in [0.3, 0.4) is 0 Å². The monoisotopic (exact) mass is 235 g/mol. The van der Waals surface area contributed by atoms with Crippen LogP contribution in [0.25, 0.3) is 0 Å². The summed E-state index contributed by atoms with van der Waals surface area (Å²) >= 11 is 0. The Morgan fingerprint density at radius 1 is 1.41 bits per heavy atom. The molecule has 0 spiro atoms. The van der Waals surface area contributed by atoms with Crippen molar-refractivity contribution in [3.8, 4) is 0 Å². The number of carbonyl (C=O) groups is 1. The summed E-state index contributed by atoms with van der Waals surface area (Å²) in [6.45, 7) is 8.34. The molecule has 1 aromatic heterocycles. The highest BCUT2D eigenvalue weighted by Crippen LogP contribution is 2.07. The molecule has 0 fully saturated rings. The Kier molecular flexibility index (Phi) is 4.63. The molecule has 0 aromatic carbocycles. The van der Waals surface area contributed by atoms with Gasteiger partial charge in [-0.3, -0.25) is 9.78 Å². The third kappa shape index (κ3) is 5.45. The molecule has 0 saturated carbocycles. The first-order valence-corrected chi connectivity index (χ1v) is 5.84. The molecule has 1 aromatic rings. The second kappa shape index (κ2) is 5.77. The molecule has 4 heteroatoms. The van der Waals surface area contributed by atoms with Crippen molar-refractivity contribution in [2.75, 3.05) is 6.54 Å². The smallest absolute Gasteiger partial charge is 0.234 e. The van der Waals surface area contributed by atoms with Crippen LogP contribution >= 0.6 is 0 Å². The second-order valence-corrected chi connectivity index (χ2v) is 5.15. The maximum Gasteiger partial charge on any atom is 0.234 e. The number of aromatic nitrogens is 1. The number of carbonyl (C=O) groups excluding carboxylic acids is 1. The highest BCUT2D eigenvalue weighted by Gasteiger charge is 2.13. The minimum absolute atomic E-state index is 0.0157. The lowest BCUT2D eigenvalue weighted by Crippen LogP contribution is -2.43. The van der Waals surface area contributed by atoms with Crippen LogP contribution in [-0.4, -0.2) is 23.0 Å². The van der Waals surface area contributed by atoms with Gasteiger partial charge in [0.1, 0.15) is 0 Å². The van der Waals surface area contributed by atoms with E-state index in [9.17, 15) is 4.79 Å². The molecule has 0 radical (unpaired) electrons. The van der Waals surface area contributed by atoms with Gasteiger partial charge in [0, 0.05) is 11.7 Å². The summed E-state index contributed by atoms with van der Waals surface area (Å²) < 4.78 is 0. The molecular formula is C13H21N3O. The molecule has 17 heavy (non-hydrogen) atoms. The fourth-order valence-corrected chi connectivity index (χ4v) is 1.34. The topological polar surface area (TPSA) is 54.0 Å². The van der Waals surface area contributed by atoms with E-state index in [1.807, 2.05) is 45.9 Å². The summed E-state index contributed by atoms with van der Waals surface area (Å²) in [5, 5.41) is 6.05.